The lowest BCUT2D eigenvalue weighted by molar-refractivity contribution is 0.0410. The van der Waals surface area contributed by atoms with E-state index in [9.17, 15) is 4.79 Å². The molecule has 1 aliphatic rings. The van der Waals surface area contributed by atoms with Gasteiger partial charge in [0.2, 0.25) is 0 Å². The van der Waals surface area contributed by atoms with Gasteiger partial charge in [-0.3, -0.25) is 14.3 Å². The molecule has 1 saturated heterocycles. The second kappa shape index (κ2) is 8.84. The van der Waals surface area contributed by atoms with E-state index < -0.39 is 0 Å². The van der Waals surface area contributed by atoms with Gasteiger partial charge in [0.15, 0.2) is 5.16 Å². The van der Waals surface area contributed by atoms with Crippen LogP contribution in [0.25, 0.3) is 16.6 Å². The van der Waals surface area contributed by atoms with E-state index in [4.69, 9.17) is 32.9 Å². The first-order valence-corrected chi connectivity index (χ1v) is 10.8. The average Bonchev–Trinajstić information content (AvgIpc) is 2.70. The number of hydrogen-bond acceptors (Lipinski definition) is 5. The molecule has 146 valence electrons. The van der Waals surface area contributed by atoms with Crippen molar-refractivity contribution in [2.45, 2.75) is 5.16 Å². The van der Waals surface area contributed by atoms with Crippen LogP contribution < -0.4 is 5.56 Å². The molecule has 5 nitrogen and oxygen atoms in total. The third kappa shape index (κ3) is 4.36. The average molecular weight is 436 g/mol. The third-order valence-electron chi connectivity index (χ3n) is 4.63. The van der Waals surface area contributed by atoms with Crippen LogP contribution in [-0.2, 0) is 4.74 Å². The summed E-state index contributed by atoms with van der Waals surface area (Å²) in [6, 6.07) is 12.4. The first-order chi connectivity index (χ1) is 13.6. The number of nitrogens with zero attached hydrogens (tertiary/aromatic N) is 3. The highest BCUT2D eigenvalue weighted by Crippen LogP contribution is 2.24. The van der Waals surface area contributed by atoms with E-state index in [2.05, 4.69) is 4.90 Å². The smallest absolute Gasteiger partial charge is 0.266 e. The Morgan fingerprint density at radius 3 is 2.50 bits per heavy atom. The number of thioether (sulfide) groups is 1. The summed E-state index contributed by atoms with van der Waals surface area (Å²) in [5, 5.41) is 2.37. The van der Waals surface area contributed by atoms with Crippen molar-refractivity contribution in [2.24, 2.45) is 0 Å². The molecule has 3 aromatic rings. The van der Waals surface area contributed by atoms with Crippen LogP contribution in [0.2, 0.25) is 10.0 Å². The summed E-state index contributed by atoms with van der Waals surface area (Å²) in [6.45, 7) is 4.33. The predicted molar refractivity (Wildman–Crippen MR) is 115 cm³/mol. The number of benzene rings is 2. The maximum atomic E-state index is 13.2. The molecule has 4 rings (SSSR count). The number of hydrogen-bond donors (Lipinski definition) is 0. The fourth-order valence-electron chi connectivity index (χ4n) is 3.14. The van der Waals surface area contributed by atoms with Gasteiger partial charge in [0.1, 0.15) is 0 Å². The van der Waals surface area contributed by atoms with Crippen LogP contribution in [-0.4, -0.2) is 53.1 Å². The standard InChI is InChI=1S/C20H19Cl2N3O2S/c21-14-1-4-16(5-2-14)25-19(26)17-6-3-15(22)13-18(17)23-20(25)28-12-9-24-7-10-27-11-8-24/h1-6,13H,7-12H2. The highest BCUT2D eigenvalue weighted by atomic mass is 35.5. The van der Waals surface area contributed by atoms with Crippen molar-refractivity contribution >= 4 is 45.9 Å². The minimum atomic E-state index is -0.113. The minimum absolute atomic E-state index is 0.113. The summed E-state index contributed by atoms with van der Waals surface area (Å²) in [5.74, 6) is 0.825. The molecular weight excluding hydrogens is 417 g/mol. The molecule has 1 aromatic heterocycles. The zero-order valence-corrected chi connectivity index (χ0v) is 17.4. The van der Waals surface area contributed by atoms with Crippen molar-refractivity contribution in [3.63, 3.8) is 0 Å². The van der Waals surface area contributed by atoms with Gasteiger partial charge in [0.25, 0.3) is 5.56 Å². The second-order valence-electron chi connectivity index (χ2n) is 6.48. The third-order valence-corrected chi connectivity index (χ3v) is 6.03. The number of rotatable bonds is 5. The zero-order valence-electron chi connectivity index (χ0n) is 15.1. The summed E-state index contributed by atoms with van der Waals surface area (Å²) in [4.78, 5) is 20.3. The highest BCUT2D eigenvalue weighted by molar-refractivity contribution is 7.99. The first-order valence-electron chi connectivity index (χ1n) is 9.03. The molecule has 0 spiro atoms. The van der Waals surface area contributed by atoms with Crippen LogP contribution in [0.5, 0.6) is 0 Å². The Bertz CT molecular complexity index is 1030. The lowest BCUT2D eigenvalue weighted by Crippen LogP contribution is -2.37. The normalized spacial score (nSPS) is 15.2. The van der Waals surface area contributed by atoms with Crippen LogP contribution >= 0.6 is 35.0 Å². The molecule has 1 fully saturated rings. The van der Waals surface area contributed by atoms with Crippen molar-refractivity contribution in [1.29, 1.82) is 0 Å². The zero-order chi connectivity index (χ0) is 19.5. The second-order valence-corrected chi connectivity index (χ2v) is 8.41. The summed E-state index contributed by atoms with van der Waals surface area (Å²) >= 11 is 13.7. The minimum Gasteiger partial charge on any atom is -0.379 e. The summed E-state index contributed by atoms with van der Waals surface area (Å²) in [6.07, 6.45) is 0. The quantitative estimate of drug-likeness (QED) is 0.445. The molecule has 0 radical (unpaired) electrons. The molecule has 0 bridgehead atoms. The van der Waals surface area contributed by atoms with Crippen LogP contribution in [0.4, 0.5) is 0 Å². The maximum Gasteiger partial charge on any atom is 0.266 e. The van der Waals surface area contributed by atoms with Crippen molar-refractivity contribution in [3.05, 3.63) is 62.9 Å². The molecule has 1 aliphatic heterocycles. The molecule has 8 heteroatoms. The van der Waals surface area contributed by atoms with Crippen molar-refractivity contribution in [2.75, 3.05) is 38.6 Å². The molecule has 0 saturated carbocycles. The first kappa shape index (κ1) is 19.7. The fourth-order valence-corrected chi connectivity index (χ4v) is 4.45. The predicted octanol–water partition coefficient (Wildman–Crippen LogP) is 4.12. The Balaban J connectivity index is 1.70. The van der Waals surface area contributed by atoms with E-state index >= 15 is 0 Å². The van der Waals surface area contributed by atoms with Crippen molar-refractivity contribution in [1.82, 2.24) is 14.5 Å². The largest absolute Gasteiger partial charge is 0.379 e. The number of morpholine rings is 1. The number of ether oxygens (including phenoxy) is 1. The number of aromatic nitrogens is 2. The van der Waals surface area contributed by atoms with Gasteiger partial charge in [-0.05, 0) is 42.5 Å². The van der Waals surface area contributed by atoms with Gasteiger partial charge in [-0.25, -0.2) is 4.98 Å². The van der Waals surface area contributed by atoms with Crippen LogP contribution in [0, 0.1) is 0 Å². The Morgan fingerprint density at radius 1 is 1.04 bits per heavy atom. The van der Waals surface area contributed by atoms with Crippen LogP contribution in [0.3, 0.4) is 0 Å². The Labute approximate surface area is 177 Å². The topological polar surface area (TPSA) is 47.4 Å². The monoisotopic (exact) mass is 435 g/mol. The molecule has 0 N–H and O–H groups in total. The Morgan fingerprint density at radius 2 is 1.75 bits per heavy atom. The van der Waals surface area contributed by atoms with Gasteiger partial charge in [-0.1, -0.05) is 35.0 Å². The molecule has 0 unspecified atom stereocenters. The number of fused-ring (bicyclic) bond motifs is 1. The van der Waals surface area contributed by atoms with Gasteiger partial charge in [-0.15, -0.1) is 0 Å². The summed E-state index contributed by atoms with van der Waals surface area (Å²) in [5.41, 5.74) is 1.24. The molecular formula is C20H19Cl2N3O2S. The Kier molecular flexibility index (Phi) is 6.23. The van der Waals surface area contributed by atoms with Crippen molar-refractivity contribution in [3.8, 4) is 5.69 Å². The Hall–Kier alpha value is -1.57. The van der Waals surface area contributed by atoms with Gasteiger partial charge >= 0.3 is 0 Å². The van der Waals surface area contributed by atoms with E-state index in [1.54, 1.807) is 46.7 Å². The molecule has 0 aliphatic carbocycles. The van der Waals surface area contributed by atoms with E-state index in [0.717, 1.165) is 44.3 Å². The molecule has 0 amide bonds. The molecule has 2 aromatic carbocycles. The lowest BCUT2D eigenvalue weighted by atomic mass is 10.2. The SMILES string of the molecule is O=c1c2ccc(Cl)cc2nc(SCCN2CCOCC2)n1-c1ccc(Cl)cc1. The highest BCUT2D eigenvalue weighted by Gasteiger charge is 2.15. The van der Waals surface area contributed by atoms with E-state index in [1.807, 2.05) is 12.1 Å². The van der Waals surface area contributed by atoms with E-state index in [0.29, 0.717) is 26.1 Å². The van der Waals surface area contributed by atoms with Gasteiger partial charge in [-0.2, -0.15) is 0 Å². The summed E-state index contributed by atoms with van der Waals surface area (Å²) in [7, 11) is 0. The fraction of sp³-hybridized carbons (Fsp3) is 0.300. The van der Waals surface area contributed by atoms with Crippen molar-refractivity contribution < 1.29 is 4.74 Å². The molecule has 28 heavy (non-hydrogen) atoms. The lowest BCUT2D eigenvalue weighted by Gasteiger charge is -2.26. The summed E-state index contributed by atoms with van der Waals surface area (Å²) < 4.78 is 7.05. The van der Waals surface area contributed by atoms with E-state index in [1.165, 1.54) is 0 Å². The molecule has 2 heterocycles. The van der Waals surface area contributed by atoms with Gasteiger partial charge < -0.3 is 4.74 Å². The van der Waals surface area contributed by atoms with E-state index in [-0.39, 0.29) is 5.56 Å². The molecule has 0 atom stereocenters. The van der Waals surface area contributed by atoms with Gasteiger partial charge in [0, 0.05) is 35.4 Å². The maximum absolute atomic E-state index is 13.2. The number of halogens is 2. The van der Waals surface area contributed by atoms with Crippen LogP contribution in [0.15, 0.2) is 52.4 Å². The van der Waals surface area contributed by atoms with Crippen LogP contribution in [0.1, 0.15) is 0 Å². The van der Waals surface area contributed by atoms with Gasteiger partial charge in [0.05, 0.1) is 29.8 Å².